The van der Waals surface area contributed by atoms with Crippen LogP contribution < -0.4 is 10.2 Å². The molecule has 2 rings (SSSR count). The number of pyridine rings is 1. The Bertz CT molecular complexity index is 518. The molecule has 0 bridgehead atoms. The van der Waals surface area contributed by atoms with Crippen LogP contribution in [0.2, 0.25) is 0 Å². The fourth-order valence-corrected chi connectivity index (χ4v) is 1.92. The zero-order valence-corrected chi connectivity index (χ0v) is 11.2. The summed E-state index contributed by atoms with van der Waals surface area (Å²) in [6.07, 6.45) is -4.44. The third kappa shape index (κ3) is 2.94. The molecule has 1 amide bonds. The number of hydrogen-bond acceptors (Lipinski definition) is 4. The minimum Gasteiger partial charge on any atom is -0.373 e. The zero-order valence-electron chi connectivity index (χ0n) is 11.2. The molecule has 0 spiro atoms. The summed E-state index contributed by atoms with van der Waals surface area (Å²) < 4.78 is 38.5. The number of halogens is 3. The molecule has 1 aliphatic heterocycles. The predicted molar refractivity (Wildman–Crippen MR) is 68.6 cm³/mol. The highest BCUT2D eigenvalue weighted by Crippen LogP contribution is 2.33. The van der Waals surface area contributed by atoms with Crippen LogP contribution in [0.1, 0.15) is 5.56 Å². The molecule has 1 aliphatic rings. The first-order valence-corrected chi connectivity index (χ1v) is 6.07. The summed E-state index contributed by atoms with van der Waals surface area (Å²) in [4.78, 5) is 18.8. The number of anilines is 2. The van der Waals surface area contributed by atoms with Gasteiger partial charge in [-0.2, -0.15) is 13.2 Å². The average molecular weight is 288 g/mol. The van der Waals surface area contributed by atoms with E-state index in [0.717, 1.165) is 12.1 Å². The van der Waals surface area contributed by atoms with Crippen molar-refractivity contribution in [3.63, 3.8) is 0 Å². The molecule has 8 heteroatoms. The van der Waals surface area contributed by atoms with E-state index in [0.29, 0.717) is 13.1 Å². The molecular formula is C12H15F3N4O. The molecule has 0 atom stereocenters. The van der Waals surface area contributed by atoms with Crippen molar-refractivity contribution in [2.75, 3.05) is 43.9 Å². The third-order valence-electron chi connectivity index (χ3n) is 3.18. The molecule has 1 fully saturated rings. The number of likely N-dealkylation sites (N-methyl/N-ethyl adjacent to an activating group) is 1. The highest BCUT2D eigenvalue weighted by atomic mass is 19.4. The third-order valence-corrected chi connectivity index (χ3v) is 3.18. The number of nitrogens with one attached hydrogen (secondary N) is 1. The van der Waals surface area contributed by atoms with Crippen molar-refractivity contribution in [2.45, 2.75) is 6.18 Å². The fourth-order valence-electron chi connectivity index (χ4n) is 1.92. The van der Waals surface area contributed by atoms with Gasteiger partial charge in [0.25, 0.3) is 0 Å². The smallest absolute Gasteiger partial charge is 0.373 e. The van der Waals surface area contributed by atoms with Crippen molar-refractivity contribution in [2.24, 2.45) is 0 Å². The van der Waals surface area contributed by atoms with Crippen LogP contribution in [0, 0.1) is 0 Å². The molecule has 2 heterocycles. The minimum absolute atomic E-state index is 0.0357. The highest BCUT2D eigenvalue weighted by molar-refractivity contribution is 5.82. The van der Waals surface area contributed by atoms with Crippen LogP contribution in [-0.2, 0) is 11.0 Å². The largest absolute Gasteiger partial charge is 0.416 e. The number of rotatable bonds is 2. The average Bonchev–Trinajstić information content (AvgIpc) is 2.40. The summed E-state index contributed by atoms with van der Waals surface area (Å²) in [5.41, 5.74) is -0.779. The van der Waals surface area contributed by atoms with Crippen LogP contribution in [0.25, 0.3) is 0 Å². The summed E-state index contributed by atoms with van der Waals surface area (Å²) in [6, 6.07) is 1.92. The molecule has 0 saturated carbocycles. The fraction of sp³-hybridized carbons (Fsp3) is 0.500. The van der Waals surface area contributed by atoms with Gasteiger partial charge in [0.15, 0.2) is 0 Å². The van der Waals surface area contributed by atoms with Crippen LogP contribution >= 0.6 is 0 Å². The molecule has 5 nitrogen and oxygen atoms in total. The second-order valence-corrected chi connectivity index (χ2v) is 4.58. The van der Waals surface area contributed by atoms with Gasteiger partial charge in [-0.3, -0.25) is 4.79 Å². The van der Waals surface area contributed by atoms with Gasteiger partial charge in [0, 0.05) is 27.2 Å². The van der Waals surface area contributed by atoms with Gasteiger partial charge in [-0.15, -0.1) is 0 Å². The van der Waals surface area contributed by atoms with Crippen LogP contribution in [0.3, 0.4) is 0 Å². The van der Waals surface area contributed by atoms with Crippen LogP contribution in [0.4, 0.5) is 24.8 Å². The summed E-state index contributed by atoms with van der Waals surface area (Å²) >= 11 is 0. The van der Waals surface area contributed by atoms with Crippen molar-refractivity contribution >= 4 is 17.5 Å². The summed E-state index contributed by atoms with van der Waals surface area (Å²) in [6.45, 7) is 0.958. The molecule has 1 aromatic rings. The van der Waals surface area contributed by atoms with Crippen molar-refractivity contribution in [3.05, 3.63) is 17.7 Å². The normalized spacial score (nSPS) is 16.6. The lowest BCUT2D eigenvalue weighted by Gasteiger charge is -2.33. The van der Waals surface area contributed by atoms with E-state index in [1.165, 1.54) is 7.05 Å². The van der Waals surface area contributed by atoms with Crippen molar-refractivity contribution in [1.29, 1.82) is 0 Å². The van der Waals surface area contributed by atoms with Crippen LogP contribution in [-0.4, -0.2) is 49.5 Å². The maximum Gasteiger partial charge on any atom is 0.416 e. The topological polar surface area (TPSA) is 48.5 Å². The van der Waals surface area contributed by atoms with E-state index in [1.54, 1.807) is 16.8 Å². The minimum atomic E-state index is -4.44. The monoisotopic (exact) mass is 288 g/mol. The van der Waals surface area contributed by atoms with Gasteiger partial charge in [0.1, 0.15) is 11.6 Å². The van der Waals surface area contributed by atoms with Crippen LogP contribution in [0.15, 0.2) is 12.1 Å². The number of alkyl halides is 3. The molecule has 0 aliphatic carbocycles. The number of nitrogens with zero attached hydrogens (tertiary/aromatic N) is 3. The molecule has 20 heavy (non-hydrogen) atoms. The second kappa shape index (κ2) is 5.18. The van der Waals surface area contributed by atoms with Gasteiger partial charge < -0.3 is 15.1 Å². The Hall–Kier alpha value is -1.99. The molecule has 0 unspecified atom stereocenters. The van der Waals surface area contributed by atoms with Gasteiger partial charge in [-0.25, -0.2) is 4.98 Å². The lowest BCUT2D eigenvalue weighted by molar-refractivity contribution is -0.137. The second-order valence-electron chi connectivity index (χ2n) is 4.58. The number of carbonyl (C=O) groups excluding carboxylic acids is 1. The van der Waals surface area contributed by atoms with E-state index in [2.05, 4.69) is 10.3 Å². The lowest BCUT2D eigenvalue weighted by Crippen LogP contribution is -2.48. The Morgan fingerprint density at radius 2 is 2.00 bits per heavy atom. The zero-order chi connectivity index (χ0) is 14.9. The molecule has 0 radical (unpaired) electrons. The molecule has 0 aromatic carbocycles. The first kappa shape index (κ1) is 14.4. The molecule has 1 saturated heterocycles. The molecule has 1 aromatic heterocycles. The summed E-state index contributed by atoms with van der Waals surface area (Å²) in [7, 11) is 3.17. The summed E-state index contributed by atoms with van der Waals surface area (Å²) in [5.74, 6) is 0.147. The van der Waals surface area contributed by atoms with E-state index in [9.17, 15) is 18.0 Å². The predicted octanol–water partition coefficient (Wildman–Crippen LogP) is 1.42. The quantitative estimate of drug-likeness (QED) is 0.894. The molecule has 1 N–H and O–H groups in total. The Kier molecular flexibility index (Phi) is 3.74. The van der Waals surface area contributed by atoms with E-state index < -0.39 is 11.7 Å². The number of hydrogen-bond donors (Lipinski definition) is 1. The SMILES string of the molecule is CNc1cc(C(F)(F)F)cc(N2CCN(C)C(=O)C2)n1. The van der Waals surface area contributed by atoms with E-state index in [4.69, 9.17) is 0 Å². The molecule has 110 valence electrons. The van der Waals surface area contributed by atoms with E-state index >= 15 is 0 Å². The standard InChI is InChI=1S/C12H15F3N4O/c1-16-9-5-8(12(13,14)15)6-10(17-9)19-4-3-18(2)11(20)7-19/h5-6H,3-4,7H2,1-2H3,(H,16,17). The number of aromatic nitrogens is 1. The maximum absolute atomic E-state index is 12.8. The van der Waals surface area contributed by atoms with E-state index in [-0.39, 0.29) is 24.1 Å². The van der Waals surface area contributed by atoms with Gasteiger partial charge in [0.2, 0.25) is 5.91 Å². The number of amides is 1. The maximum atomic E-state index is 12.8. The Morgan fingerprint density at radius 1 is 1.30 bits per heavy atom. The van der Waals surface area contributed by atoms with Gasteiger partial charge in [-0.05, 0) is 12.1 Å². The Balaban J connectivity index is 2.34. The van der Waals surface area contributed by atoms with Gasteiger partial charge in [0.05, 0.1) is 12.1 Å². The van der Waals surface area contributed by atoms with Crippen molar-refractivity contribution in [1.82, 2.24) is 9.88 Å². The Morgan fingerprint density at radius 3 is 2.55 bits per heavy atom. The number of piperazine rings is 1. The van der Waals surface area contributed by atoms with Gasteiger partial charge >= 0.3 is 6.18 Å². The van der Waals surface area contributed by atoms with Crippen LogP contribution in [0.5, 0.6) is 0 Å². The van der Waals surface area contributed by atoms with E-state index in [1.807, 2.05) is 0 Å². The number of carbonyl (C=O) groups is 1. The van der Waals surface area contributed by atoms with Crippen molar-refractivity contribution in [3.8, 4) is 0 Å². The first-order chi connectivity index (χ1) is 9.31. The summed E-state index contributed by atoms with van der Waals surface area (Å²) in [5, 5.41) is 2.61. The van der Waals surface area contributed by atoms with Gasteiger partial charge in [-0.1, -0.05) is 0 Å². The Labute approximate surface area is 114 Å². The molecular weight excluding hydrogens is 273 g/mol. The lowest BCUT2D eigenvalue weighted by atomic mass is 10.2. The van der Waals surface area contributed by atoms with Crippen molar-refractivity contribution < 1.29 is 18.0 Å². The first-order valence-electron chi connectivity index (χ1n) is 6.07. The highest BCUT2D eigenvalue weighted by Gasteiger charge is 2.33.